The highest BCUT2D eigenvalue weighted by atomic mass is 16.3. The lowest BCUT2D eigenvalue weighted by molar-refractivity contribution is -0.134. The third-order valence-corrected chi connectivity index (χ3v) is 7.01. The smallest absolute Gasteiger partial charge is 0.271 e. The number of carbonyl (C=O) groups excluding carboxylic acids is 2. The van der Waals surface area contributed by atoms with E-state index in [1.54, 1.807) is 17.4 Å². The number of nitrogens with one attached hydrogen (secondary N) is 1. The van der Waals surface area contributed by atoms with E-state index in [4.69, 9.17) is 4.42 Å². The zero-order chi connectivity index (χ0) is 22.8. The third kappa shape index (κ3) is 4.08. The SMILES string of the molecule is CC1(C(=O)NC2CCCCCC2)Cn2c(ccc2-c2ccco2)C(=O)N1Cc1ccccn1. The second-order valence-electron chi connectivity index (χ2n) is 9.32. The average Bonchev–Trinajstić information content (AvgIpc) is 3.42. The van der Waals surface area contributed by atoms with E-state index >= 15 is 0 Å². The Kier molecular flexibility index (Phi) is 5.79. The molecule has 0 aromatic carbocycles. The van der Waals surface area contributed by atoms with E-state index in [9.17, 15) is 9.59 Å². The molecule has 0 spiro atoms. The fraction of sp³-hybridized carbons (Fsp3) is 0.423. The zero-order valence-corrected chi connectivity index (χ0v) is 19.0. The van der Waals surface area contributed by atoms with E-state index in [1.165, 1.54) is 12.8 Å². The second kappa shape index (κ2) is 8.89. The summed E-state index contributed by atoms with van der Waals surface area (Å²) in [7, 11) is 0. The van der Waals surface area contributed by atoms with Gasteiger partial charge in [0.05, 0.1) is 30.7 Å². The molecule has 1 atom stereocenters. The molecule has 7 nitrogen and oxygen atoms in total. The minimum absolute atomic E-state index is 0.108. The van der Waals surface area contributed by atoms with Crippen LogP contribution < -0.4 is 5.32 Å². The summed E-state index contributed by atoms with van der Waals surface area (Å²) in [6.07, 6.45) is 9.99. The molecule has 2 aliphatic rings. The molecule has 2 amide bonds. The van der Waals surface area contributed by atoms with Crippen LogP contribution in [0.25, 0.3) is 11.5 Å². The van der Waals surface area contributed by atoms with Crippen LogP contribution in [0, 0.1) is 0 Å². The summed E-state index contributed by atoms with van der Waals surface area (Å²) < 4.78 is 7.53. The van der Waals surface area contributed by atoms with Crippen LogP contribution in [-0.4, -0.2) is 37.8 Å². The summed E-state index contributed by atoms with van der Waals surface area (Å²) in [6.45, 7) is 2.49. The van der Waals surface area contributed by atoms with Crippen molar-refractivity contribution in [1.82, 2.24) is 19.8 Å². The number of fused-ring (bicyclic) bond motifs is 1. The van der Waals surface area contributed by atoms with Crippen molar-refractivity contribution >= 4 is 11.8 Å². The fourth-order valence-electron chi connectivity index (χ4n) is 5.08. The molecule has 1 fully saturated rings. The van der Waals surface area contributed by atoms with Crippen molar-refractivity contribution < 1.29 is 14.0 Å². The Labute approximate surface area is 193 Å². The van der Waals surface area contributed by atoms with Crippen LogP contribution in [-0.2, 0) is 17.9 Å². The lowest BCUT2D eigenvalue weighted by Crippen LogP contribution is -2.64. The number of rotatable bonds is 5. The van der Waals surface area contributed by atoms with E-state index < -0.39 is 5.54 Å². The standard InChI is InChI=1S/C26H30N4O3/c1-26(25(32)28-19-9-4-2-3-5-10-19)18-29-21(23-12-8-16-33-23)13-14-22(29)24(31)30(26)17-20-11-6-7-15-27-20/h6-8,11-16,19H,2-5,9-10,17-18H2,1H3,(H,28,32). The molecule has 172 valence electrons. The van der Waals surface area contributed by atoms with Gasteiger partial charge in [-0.05, 0) is 56.2 Å². The van der Waals surface area contributed by atoms with Crippen molar-refractivity contribution in [1.29, 1.82) is 0 Å². The van der Waals surface area contributed by atoms with Gasteiger partial charge in [-0.1, -0.05) is 31.7 Å². The van der Waals surface area contributed by atoms with Gasteiger partial charge in [0, 0.05) is 12.2 Å². The molecule has 0 bridgehead atoms. The molecular weight excluding hydrogens is 416 g/mol. The normalized spacial score (nSPS) is 21.5. The summed E-state index contributed by atoms with van der Waals surface area (Å²) in [6, 6.07) is 13.2. The zero-order valence-electron chi connectivity index (χ0n) is 19.0. The molecule has 1 N–H and O–H groups in total. The van der Waals surface area contributed by atoms with Gasteiger partial charge in [-0.25, -0.2) is 0 Å². The van der Waals surface area contributed by atoms with Gasteiger partial charge >= 0.3 is 0 Å². The minimum Gasteiger partial charge on any atom is -0.463 e. The summed E-state index contributed by atoms with van der Waals surface area (Å²) in [5, 5.41) is 3.29. The fourth-order valence-corrected chi connectivity index (χ4v) is 5.08. The molecule has 1 aliphatic heterocycles. The molecular formula is C26H30N4O3. The van der Waals surface area contributed by atoms with Crippen LogP contribution in [0.3, 0.4) is 0 Å². The molecule has 1 saturated carbocycles. The van der Waals surface area contributed by atoms with Crippen molar-refractivity contribution in [3.8, 4) is 11.5 Å². The number of nitrogens with zero attached hydrogens (tertiary/aromatic N) is 3. The molecule has 1 unspecified atom stereocenters. The maximum absolute atomic E-state index is 13.8. The molecule has 3 aromatic rings. The number of furan rings is 1. The van der Waals surface area contributed by atoms with E-state index in [0.29, 0.717) is 18.0 Å². The summed E-state index contributed by atoms with van der Waals surface area (Å²) in [4.78, 5) is 33.6. The first-order valence-electron chi connectivity index (χ1n) is 11.8. The Bertz CT molecular complexity index is 1110. The first-order valence-corrected chi connectivity index (χ1v) is 11.8. The average molecular weight is 447 g/mol. The molecule has 33 heavy (non-hydrogen) atoms. The summed E-state index contributed by atoms with van der Waals surface area (Å²) in [5.74, 6) is 0.394. The molecule has 0 radical (unpaired) electrons. The quantitative estimate of drug-likeness (QED) is 0.589. The Morgan fingerprint density at radius 2 is 1.88 bits per heavy atom. The largest absolute Gasteiger partial charge is 0.463 e. The molecule has 7 heteroatoms. The number of amides is 2. The summed E-state index contributed by atoms with van der Waals surface area (Å²) in [5.41, 5.74) is 1.05. The van der Waals surface area contributed by atoms with Crippen molar-refractivity contribution in [2.45, 2.75) is 70.1 Å². The predicted molar refractivity (Wildman–Crippen MR) is 124 cm³/mol. The molecule has 0 saturated heterocycles. The number of hydrogen-bond acceptors (Lipinski definition) is 4. The number of pyridine rings is 1. The molecule has 3 aromatic heterocycles. The van der Waals surface area contributed by atoms with Crippen molar-refractivity contribution in [2.24, 2.45) is 0 Å². The predicted octanol–water partition coefficient (Wildman–Crippen LogP) is 4.40. The maximum atomic E-state index is 13.8. The third-order valence-electron chi connectivity index (χ3n) is 7.01. The van der Waals surface area contributed by atoms with Crippen LogP contribution in [0.15, 0.2) is 59.3 Å². The summed E-state index contributed by atoms with van der Waals surface area (Å²) >= 11 is 0. The first-order chi connectivity index (χ1) is 16.1. The first kappa shape index (κ1) is 21.5. The molecule has 1 aliphatic carbocycles. The van der Waals surface area contributed by atoms with Gasteiger partial charge < -0.3 is 19.2 Å². The van der Waals surface area contributed by atoms with Crippen molar-refractivity contribution in [2.75, 3.05) is 0 Å². The van der Waals surface area contributed by atoms with Gasteiger partial charge in [0.15, 0.2) is 0 Å². The van der Waals surface area contributed by atoms with Crippen LogP contribution in [0.2, 0.25) is 0 Å². The molecule has 5 rings (SSSR count). The van der Waals surface area contributed by atoms with Crippen molar-refractivity contribution in [3.05, 3.63) is 66.3 Å². The number of hydrogen-bond donors (Lipinski definition) is 1. The maximum Gasteiger partial charge on any atom is 0.271 e. The lowest BCUT2D eigenvalue weighted by Gasteiger charge is -2.44. The molecule has 4 heterocycles. The topological polar surface area (TPSA) is 80.4 Å². The highest BCUT2D eigenvalue weighted by molar-refractivity contribution is 6.00. The van der Waals surface area contributed by atoms with Crippen LogP contribution >= 0.6 is 0 Å². The minimum atomic E-state index is -1.06. The second-order valence-corrected chi connectivity index (χ2v) is 9.32. The van der Waals surface area contributed by atoms with Gasteiger partial charge in [0.25, 0.3) is 5.91 Å². The Morgan fingerprint density at radius 3 is 2.58 bits per heavy atom. The van der Waals surface area contributed by atoms with Gasteiger partial charge in [0.1, 0.15) is 17.0 Å². The highest BCUT2D eigenvalue weighted by Gasteiger charge is 2.48. The highest BCUT2D eigenvalue weighted by Crippen LogP contribution is 2.34. The Morgan fingerprint density at radius 1 is 1.09 bits per heavy atom. The van der Waals surface area contributed by atoms with Gasteiger partial charge in [0.2, 0.25) is 5.91 Å². The lowest BCUT2D eigenvalue weighted by atomic mass is 9.93. The number of aromatic nitrogens is 2. The van der Waals surface area contributed by atoms with Gasteiger partial charge in [-0.15, -0.1) is 0 Å². The van der Waals surface area contributed by atoms with Crippen molar-refractivity contribution in [3.63, 3.8) is 0 Å². The Balaban J connectivity index is 1.51. The van der Waals surface area contributed by atoms with E-state index in [1.807, 2.05) is 54.0 Å². The number of carbonyl (C=O) groups is 2. The van der Waals surface area contributed by atoms with Gasteiger partial charge in [-0.2, -0.15) is 0 Å². The van der Waals surface area contributed by atoms with Crippen LogP contribution in [0.4, 0.5) is 0 Å². The van der Waals surface area contributed by atoms with Crippen LogP contribution in [0.1, 0.15) is 61.6 Å². The van der Waals surface area contributed by atoms with Gasteiger partial charge in [-0.3, -0.25) is 14.6 Å². The van der Waals surface area contributed by atoms with E-state index in [-0.39, 0.29) is 24.4 Å². The Hall–Kier alpha value is -3.35. The van der Waals surface area contributed by atoms with E-state index in [0.717, 1.165) is 37.1 Å². The van der Waals surface area contributed by atoms with Crippen LogP contribution in [0.5, 0.6) is 0 Å². The van der Waals surface area contributed by atoms with E-state index in [2.05, 4.69) is 10.3 Å². The monoisotopic (exact) mass is 446 g/mol.